The van der Waals surface area contributed by atoms with E-state index in [2.05, 4.69) is 36.3 Å². The SMILES string of the molecule is CCNC(=NCCCOCC1CCOCC1)NC1CCN(C(C)C)CC1.I. The number of ether oxygens (including phenoxy) is 2. The van der Waals surface area contributed by atoms with Crippen molar-refractivity contribution in [3.63, 3.8) is 0 Å². The lowest BCUT2D eigenvalue weighted by atomic mass is 10.0. The molecule has 160 valence electrons. The second kappa shape index (κ2) is 14.8. The van der Waals surface area contributed by atoms with Crippen LogP contribution >= 0.6 is 24.0 Å². The molecule has 2 rings (SSSR count). The summed E-state index contributed by atoms with van der Waals surface area (Å²) < 4.78 is 11.2. The molecule has 0 spiro atoms. The molecule has 0 bridgehead atoms. The molecule has 6 nitrogen and oxygen atoms in total. The fourth-order valence-electron chi connectivity index (χ4n) is 3.59. The molecule has 0 radical (unpaired) electrons. The number of piperidine rings is 1. The zero-order valence-electron chi connectivity index (χ0n) is 17.5. The van der Waals surface area contributed by atoms with E-state index in [9.17, 15) is 0 Å². The van der Waals surface area contributed by atoms with E-state index in [1.165, 1.54) is 25.9 Å². The average molecular weight is 496 g/mol. The molecule has 2 N–H and O–H groups in total. The summed E-state index contributed by atoms with van der Waals surface area (Å²) in [5.74, 6) is 1.64. The third-order valence-corrected chi connectivity index (χ3v) is 5.36. The Labute approximate surface area is 183 Å². The van der Waals surface area contributed by atoms with Gasteiger partial charge in [-0.1, -0.05) is 0 Å². The van der Waals surface area contributed by atoms with Crippen LogP contribution in [0.3, 0.4) is 0 Å². The third kappa shape index (κ3) is 10.3. The van der Waals surface area contributed by atoms with Crippen LogP contribution in [-0.2, 0) is 9.47 Å². The van der Waals surface area contributed by atoms with Gasteiger partial charge in [-0.2, -0.15) is 0 Å². The summed E-state index contributed by atoms with van der Waals surface area (Å²) in [5, 5.41) is 6.99. The maximum atomic E-state index is 5.83. The molecule has 2 aliphatic rings. The molecule has 2 fully saturated rings. The monoisotopic (exact) mass is 496 g/mol. The quantitative estimate of drug-likeness (QED) is 0.223. The van der Waals surface area contributed by atoms with Gasteiger partial charge < -0.3 is 25.0 Å². The van der Waals surface area contributed by atoms with Gasteiger partial charge in [0, 0.05) is 64.7 Å². The van der Waals surface area contributed by atoms with Gasteiger partial charge in [0.05, 0.1) is 0 Å². The fraction of sp³-hybridized carbons (Fsp3) is 0.950. The van der Waals surface area contributed by atoms with Gasteiger partial charge >= 0.3 is 0 Å². The Morgan fingerprint density at radius 2 is 1.89 bits per heavy atom. The minimum atomic E-state index is 0. The van der Waals surface area contributed by atoms with Gasteiger partial charge in [0.15, 0.2) is 5.96 Å². The maximum absolute atomic E-state index is 5.83. The highest BCUT2D eigenvalue weighted by Gasteiger charge is 2.21. The molecule has 0 unspecified atom stereocenters. The number of aliphatic imine (C=N–C) groups is 1. The number of hydrogen-bond acceptors (Lipinski definition) is 4. The van der Waals surface area contributed by atoms with E-state index in [-0.39, 0.29) is 24.0 Å². The maximum Gasteiger partial charge on any atom is 0.191 e. The molecule has 2 heterocycles. The van der Waals surface area contributed by atoms with Crippen LogP contribution in [0.1, 0.15) is 52.9 Å². The summed E-state index contributed by atoms with van der Waals surface area (Å²) >= 11 is 0. The lowest BCUT2D eigenvalue weighted by Gasteiger charge is -2.35. The summed E-state index contributed by atoms with van der Waals surface area (Å²) in [4.78, 5) is 7.28. The Balaban J connectivity index is 0.00000364. The van der Waals surface area contributed by atoms with Crippen molar-refractivity contribution in [2.45, 2.75) is 65.0 Å². The first-order valence-corrected chi connectivity index (χ1v) is 10.6. The molecule has 0 aliphatic carbocycles. The van der Waals surface area contributed by atoms with Crippen molar-refractivity contribution in [2.24, 2.45) is 10.9 Å². The Kier molecular flexibility index (Phi) is 13.7. The first-order valence-electron chi connectivity index (χ1n) is 10.6. The summed E-state index contributed by atoms with van der Waals surface area (Å²) in [6, 6.07) is 1.19. The smallest absolute Gasteiger partial charge is 0.191 e. The Hall–Kier alpha value is -0.120. The minimum absolute atomic E-state index is 0. The molecule has 2 saturated heterocycles. The van der Waals surface area contributed by atoms with E-state index < -0.39 is 0 Å². The van der Waals surface area contributed by atoms with Crippen molar-refractivity contribution in [3.8, 4) is 0 Å². The Morgan fingerprint density at radius 1 is 1.19 bits per heavy atom. The van der Waals surface area contributed by atoms with Gasteiger partial charge in [-0.25, -0.2) is 0 Å². The molecular weight excluding hydrogens is 455 g/mol. The molecule has 0 atom stereocenters. The van der Waals surface area contributed by atoms with Gasteiger partial charge in [0.25, 0.3) is 0 Å². The number of nitrogens with one attached hydrogen (secondary N) is 2. The van der Waals surface area contributed by atoms with Gasteiger partial charge in [0.1, 0.15) is 0 Å². The number of nitrogens with zero attached hydrogens (tertiary/aromatic N) is 2. The van der Waals surface area contributed by atoms with Crippen molar-refractivity contribution in [1.82, 2.24) is 15.5 Å². The summed E-state index contributed by atoms with van der Waals surface area (Å²) in [7, 11) is 0. The van der Waals surface area contributed by atoms with E-state index in [1.54, 1.807) is 0 Å². The predicted molar refractivity (Wildman–Crippen MR) is 123 cm³/mol. The molecule has 7 heteroatoms. The molecule has 0 aromatic carbocycles. The number of halogens is 1. The van der Waals surface area contributed by atoms with Gasteiger partial charge in [-0.3, -0.25) is 4.99 Å². The molecule has 0 aromatic heterocycles. The van der Waals surface area contributed by atoms with Crippen LogP contribution in [0.25, 0.3) is 0 Å². The summed E-state index contributed by atoms with van der Waals surface area (Å²) in [5.41, 5.74) is 0. The van der Waals surface area contributed by atoms with Crippen LogP contribution in [0.4, 0.5) is 0 Å². The largest absolute Gasteiger partial charge is 0.381 e. The molecule has 0 aromatic rings. The minimum Gasteiger partial charge on any atom is -0.381 e. The second-order valence-electron chi connectivity index (χ2n) is 7.79. The van der Waals surface area contributed by atoms with E-state index in [0.717, 1.165) is 64.7 Å². The topological polar surface area (TPSA) is 58.1 Å². The molecular formula is C20H41IN4O2. The first-order chi connectivity index (χ1) is 12.7. The zero-order valence-corrected chi connectivity index (χ0v) is 19.9. The highest BCUT2D eigenvalue weighted by atomic mass is 127. The van der Waals surface area contributed by atoms with Crippen molar-refractivity contribution < 1.29 is 9.47 Å². The van der Waals surface area contributed by atoms with Crippen LogP contribution in [0.15, 0.2) is 4.99 Å². The van der Waals surface area contributed by atoms with Crippen molar-refractivity contribution in [3.05, 3.63) is 0 Å². The summed E-state index contributed by atoms with van der Waals surface area (Å²) in [6.45, 7) is 14.2. The highest BCUT2D eigenvalue weighted by molar-refractivity contribution is 14.0. The number of guanidine groups is 1. The number of likely N-dealkylation sites (tertiary alicyclic amines) is 1. The van der Waals surface area contributed by atoms with E-state index in [4.69, 9.17) is 14.5 Å². The van der Waals surface area contributed by atoms with Gasteiger partial charge in [0.2, 0.25) is 0 Å². The second-order valence-corrected chi connectivity index (χ2v) is 7.79. The highest BCUT2D eigenvalue weighted by Crippen LogP contribution is 2.15. The van der Waals surface area contributed by atoms with Crippen molar-refractivity contribution >= 4 is 29.9 Å². The lowest BCUT2D eigenvalue weighted by molar-refractivity contribution is 0.0205. The van der Waals surface area contributed by atoms with Gasteiger partial charge in [-0.05, 0) is 58.8 Å². The number of hydrogen-bond donors (Lipinski definition) is 2. The molecule has 0 amide bonds. The Morgan fingerprint density at radius 3 is 2.52 bits per heavy atom. The molecule has 0 saturated carbocycles. The van der Waals surface area contributed by atoms with Crippen LogP contribution in [0.5, 0.6) is 0 Å². The first kappa shape index (κ1) is 24.9. The molecule has 27 heavy (non-hydrogen) atoms. The van der Waals surface area contributed by atoms with Crippen LogP contribution in [0, 0.1) is 5.92 Å². The third-order valence-electron chi connectivity index (χ3n) is 5.36. The standard InChI is InChI=1S/C20H40N4O2.HI/c1-4-21-20(23-19-6-11-24(12-7-19)17(2)3)22-10-5-13-26-16-18-8-14-25-15-9-18;/h17-19H,4-16H2,1-3H3,(H2,21,22,23);1H. The van der Waals surface area contributed by atoms with E-state index in [1.807, 2.05) is 0 Å². The van der Waals surface area contributed by atoms with Crippen LogP contribution < -0.4 is 10.6 Å². The number of rotatable bonds is 9. The van der Waals surface area contributed by atoms with Crippen molar-refractivity contribution in [1.29, 1.82) is 0 Å². The summed E-state index contributed by atoms with van der Waals surface area (Å²) in [6.07, 6.45) is 5.64. The van der Waals surface area contributed by atoms with Gasteiger partial charge in [-0.15, -0.1) is 24.0 Å². The normalized spacial score (nSPS) is 20.5. The average Bonchev–Trinajstić information content (AvgIpc) is 2.66. The van der Waals surface area contributed by atoms with E-state index >= 15 is 0 Å². The zero-order chi connectivity index (χ0) is 18.6. The van der Waals surface area contributed by atoms with E-state index in [0.29, 0.717) is 18.0 Å². The van der Waals surface area contributed by atoms with Crippen molar-refractivity contribution in [2.75, 3.05) is 52.6 Å². The van der Waals surface area contributed by atoms with Crippen LogP contribution in [-0.4, -0.2) is 75.5 Å². The van der Waals surface area contributed by atoms with Crippen LogP contribution in [0.2, 0.25) is 0 Å². The Bertz CT molecular complexity index is 395. The fourth-order valence-corrected chi connectivity index (χ4v) is 3.59. The predicted octanol–water partition coefficient (Wildman–Crippen LogP) is 2.87. The lowest BCUT2D eigenvalue weighted by Crippen LogP contribution is -2.49. The molecule has 2 aliphatic heterocycles.